The molecule has 1 atom stereocenters. The van der Waals surface area contributed by atoms with Crippen LogP contribution in [-0.2, 0) is 4.79 Å². The number of fused-ring (bicyclic) bond motifs is 1. The van der Waals surface area contributed by atoms with E-state index in [1.165, 1.54) is 6.33 Å². The highest BCUT2D eigenvalue weighted by Crippen LogP contribution is 2.30. The van der Waals surface area contributed by atoms with Gasteiger partial charge in [0.1, 0.15) is 23.3 Å². The number of hydrogen-bond acceptors (Lipinski definition) is 7. The van der Waals surface area contributed by atoms with Gasteiger partial charge in [0.25, 0.3) is 5.71 Å². The molecule has 1 N–H and O–H groups in total. The molecule has 27 heavy (non-hydrogen) atoms. The van der Waals surface area contributed by atoms with Crippen LogP contribution in [0.3, 0.4) is 0 Å². The van der Waals surface area contributed by atoms with Gasteiger partial charge in [0.15, 0.2) is 0 Å². The molecule has 3 aromatic rings. The fraction of sp³-hybridized carbons (Fsp3) is 0.368. The van der Waals surface area contributed by atoms with Gasteiger partial charge in [-0.1, -0.05) is 11.2 Å². The van der Waals surface area contributed by atoms with E-state index in [2.05, 4.69) is 25.3 Å². The number of rotatable bonds is 4. The highest BCUT2D eigenvalue weighted by atomic mass is 16.5. The summed E-state index contributed by atoms with van der Waals surface area (Å²) in [6, 6.07) is 7.37. The van der Waals surface area contributed by atoms with E-state index in [4.69, 9.17) is 9.26 Å². The highest BCUT2D eigenvalue weighted by molar-refractivity contribution is 5.94. The van der Waals surface area contributed by atoms with E-state index in [-0.39, 0.29) is 11.8 Å². The number of carbonyl (C=O) groups excluding carboxylic acids is 1. The quantitative estimate of drug-likeness (QED) is 0.758. The fourth-order valence-electron chi connectivity index (χ4n) is 3.47. The van der Waals surface area contributed by atoms with Gasteiger partial charge < -0.3 is 19.5 Å². The first-order chi connectivity index (χ1) is 13.2. The number of benzene rings is 1. The third-order valence-electron chi connectivity index (χ3n) is 4.85. The van der Waals surface area contributed by atoms with E-state index >= 15 is 0 Å². The minimum absolute atomic E-state index is 0.000272. The van der Waals surface area contributed by atoms with Crippen molar-refractivity contribution in [3.63, 3.8) is 0 Å². The van der Waals surface area contributed by atoms with Gasteiger partial charge in [-0.25, -0.2) is 4.98 Å². The normalized spacial score (nSPS) is 17.1. The molecule has 1 aliphatic heterocycles. The van der Waals surface area contributed by atoms with Gasteiger partial charge in [0.2, 0.25) is 5.91 Å². The SMILES string of the molecule is COc1cccc(NC(=O)[C@@H]2CCCN(c3ncnc4onc(C)c34)C2)c1. The summed E-state index contributed by atoms with van der Waals surface area (Å²) in [7, 11) is 1.61. The Hall–Kier alpha value is -3.16. The van der Waals surface area contributed by atoms with Crippen LogP contribution in [0.15, 0.2) is 35.1 Å². The zero-order valence-electron chi connectivity index (χ0n) is 15.3. The number of aryl methyl sites for hydroxylation is 1. The van der Waals surface area contributed by atoms with Crippen LogP contribution in [0.4, 0.5) is 11.5 Å². The number of hydrogen-bond donors (Lipinski definition) is 1. The van der Waals surface area contributed by atoms with E-state index in [1.807, 2.05) is 31.2 Å². The number of aromatic nitrogens is 3. The monoisotopic (exact) mass is 367 g/mol. The second kappa shape index (κ2) is 7.22. The molecule has 140 valence electrons. The summed E-state index contributed by atoms with van der Waals surface area (Å²) in [6.45, 7) is 3.29. The molecule has 1 amide bonds. The molecule has 0 bridgehead atoms. The number of anilines is 2. The van der Waals surface area contributed by atoms with Gasteiger partial charge >= 0.3 is 0 Å². The van der Waals surface area contributed by atoms with Crippen molar-refractivity contribution < 1.29 is 14.1 Å². The summed E-state index contributed by atoms with van der Waals surface area (Å²) in [5.41, 5.74) is 1.96. The molecule has 0 spiro atoms. The van der Waals surface area contributed by atoms with Crippen LogP contribution in [0, 0.1) is 12.8 Å². The van der Waals surface area contributed by atoms with Crippen LogP contribution >= 0.6 is 0 Å². The lowest BCUT2D eigenvalue weighted by Crippen LogP contribution is -2.41. The van der Waals surface area contributed by atoms with Crippen molar-refractivity contribution >= 4 is 28.5 Å². The summed E-state index contributed by atoms with van der Waals surface area (Å²) in [4.78, 5) is 23.5. The van der Waals surface area contributed by atoms with Crippen molar-refractivity contribution in [2.45, 2.75) is 19.8 Å². The lowest BCUT2D eigenvalue weighted by Gasteiger charge is -2.33. The number of ether oxygens (including phenoxy) is 1. The van der Waals surface area contributed by atoms with Crippen LogP contribution < -0.4 is 15.0 Å². The van der Waals surface area contributed by atoms with Crippen LogP contribution in [-0.4, -0.2) is 41.2 Å². The summed E-state index contributed by atoms with van der Waals surface area (Å²) in [6.07, 6.45) is 3.22. The maximum Gasteiger partial charge on any atom is 0.263 e. The number of amides is 1. The lowest BCUT2D eigenvalue weighted by atomic mass is 9.96. The maximum absolute atomic E-state index is 12.8. The average molecular weight is 367 g/mol. The smallest absolute Gasteiger partial charge is 0.263 e. The van der Waals surface area contributed by atoms with Crippen LogP contribution in [0.2, 0.25) is 0 Å². The standard InChI is InChI=1S/C19H21N5O3/c1-12-16-17(20-11-21-19(16)27-23-12)24-8-4-5-13(10-24)18(25)22-14-6-3-7-15(9-14)26-2/h3,6-7,9,11,13H,4-5,8,10H2,1-2H3,(H,22,25)/t13-/m1/s1. The summed E-state index contributed by atoms with van der Waals surface area (Å²) < 4.78 is 10.4. The van der Waals surface area contributed by atoms with E-state index in [1.54, 1.807) is 7.11 Å². The Balaban J connectivity index is 1.52. The third kappa shape index (κ3) is 3.42. The zero-order valence-corrected chi connectivity index (χ0v) is 15.3. The molecule has 0 unspecified atom stereocenters. The molecule has 4 rings (SSSR count). The number of piperidine rings is 1. The van der Waals surface area contributed by atoms with Crippen molar-refractivity contribution in [1.29, 1.82) is 0 Å². The first-order valence-corrected chi connectivity index (χ1v) is 8.92. The topological polar surface area (TPSA) is 93.4 Å². The largest absolute Gasteiger partial charge is 0.497 e. The van der Waals surface area contributed by atoms with Crippen molar-refractivity contribution in [2.75, 3.05) is 30.4 Å². The van der Waals surface area contributed by atoms with Crippen LogP contribution in [0.1, 0.15) is 18.5 Å². The molecule has 2 aromatic heterocycles. The predicted molar refractivity (Wildman–Crippen MR) is 101 cm³/mol. The summed E-state index contributed by atoms with van der Waals surface area (Å²) in [5.74, 6) is 1.36. The van der Waals surface area contributed by atoms with E-state index in [0.717, 1.165) is 42.0 Å². The van der Waals surface area contributed by atoms with Crippen molar-refractivity contribution in [2.24, 2.45) is 5.92 Å². The van der Waals surface area contributed by atoms with Gasteiger partial charge in [0, 0.05) is 24.8 Å². The Labute approximate surface area is 156 Å². The fourth-order valence-corrected chi connectivity index (χ4v) is 3.47. The Morgan fingerprint density at radius 1 is 1.37 bits per heavy atom. The van der Waals surface area contributed by atoms with Crippen LogP contribution in [0.5, 0.6) is 5.75 Å². The van der Waals surface area contributed by atoms with Gasteiger partial charge in [-0.3, -0.25) is 4.79 Å². The highest BCUT2D eigenvalue weighted by Gasteiger charge is 2.28. The lowest BCUT2D eigenvalue weighted by molar-refractivity contribution is -0.120. The molecule has 1 saturated heterocycles. The Morgan fingerprint density at radius 2 is 2.26 bits per heavy atom. The first kappa shape index (κ1) is 17.3. The molecule has 0 aliphatic carbocycles. The predicted octanol–water partition coefficient (Wildman–Crippen LogP) is 2.79. The van der Waals surface area contributed by atoms with Crippen molar-refractivity contribution in [3.05, 3.63) is 36.3 Å². The zero-order chi connectivity index (χ0) is 18.8. The van der Waals surface area contributed by atoms with Crippen molar-refractivity contribution in [1.82, 2.24) is 15.1 Å². The number of nitrogens with zero attached hydrogens (tertiary/aromatic N) is 4. The molecule has 0 saturated carbocycles. The molecule has 3 heterocycles. The first-order valence-electron chi connectivity index (χ1n) is 8.92. The van der Waals surface area contributed by atoms with Crippen molar-refractivity contribution in [3.8, 4) is 5.75 Å². The molecule has 0 radical (unpaired) electrons. The molecule has 1 aromatic carbocycles. The van der Waals surface area contributed by atoms with Gasteiger partial charge in [0.05, 0.1) is 18.7 Å². The van der Waals surface area contributed by atoms with E-state index in [9.17, 15) is 4.79 Å². The second-order valence-electron chi connectivity index (χ2n) is 6.65. The second-order valence-corrected chi connectivity index (χ2v) is 6.65. The minimum Gasteiger partial charge on any atom is -0.497 e. The van der Waals surface area contributed by atoms with E-state index in [0.29, 0.717) is 18.0 Å². The maximum atomic E-state index is 12.8. The molecule has 1 fully saturated rings. The summed E-state index contributed by atoms with van der Waals surface area (Å²) >= 11 is 0. The Bertz CT molecular complexity index is 971. The molecular formula is C19H21N5O3. The average Bonchev–Trinajstić information content (AvgIpc) is 3.09. The number of carbonyl (C=O) groups is 1. The molecule has 1 aliphatic rings. The van der Waals surface area contributed by atoms with Gasteiger partial charge in [-0.2, -0.15) is 4.98 Å². The Kier molecular flexibility index (Phi) is 4.62. The van der Waals surface area contributed by atoms with E-state index < -0.39 is 0 Å². The molecular weight excluding hydrogens is 346 g/mol. The molecule has 8 heteroatoms. The number of methoxy groups -OCH3 is 1. The third-order valence-corrected chi connectivity index (χ3v) is 4.85. The molecule has 8 nitrogen and oxygen atoms in total. The van der Waals surface area contributed by atoms with Gasteiger partial charge in [-0.05, 0) is 31.9 Å². The minimum atomic E-state index is -0.130. The summed E-state index contributed by atoms with van der Waals surface area (Å²) in [5, 5.41) is 7.79. The Morgan fingerprint density at radius 3 is 3.11 bits per heavy atom. The number of nitrogens with one attached hydrogen (secondary N) is 1. The van der Waals surface area contributed by atoms with Gasteiger partial charge in [-0.15, -0.1) is 0 Å². The van der Waals surface area contributed by atoms with Crippen LogP contribution in [0.25, 0.3) is 11.1 Å².